The topological polar surface area (TPSA) is 33.1 Å². The van der Waals surface area contributed by atoms with E-state index in [1.807, 2.05) is 0 Å². The zero-order valence-corrected chi connectivity index (χ0v) is 10.3. The fourth-order valence-electron chi connectivity index (χ4n) is 1.97. The van der Waals surface area contributed by atoms with Gasteiger partial charge in [0.15, 0.2) is 0 Å². The van der Waals surface area contributed by atoms with E-state index in [-0.39, 0.29) is 6.10 Å². The maximum absolute atomic E-state index is 9.82. The van der Waals surface area contributed by atoms with Crippen molar-refractivity contribution < 1.29 is 5.11 Å². The molecular formula is C12H19NOS. The number of hydrogen-bond donors (Lipinski definition) is 1. The van der Waals surface area contributed by atoms with Crippen molar-refractivity contribution in [2.24, 2.45) is 5.92 Å². The van der Waals surface area contributed by atoms with Gasteiger partial charge in [0.2, 0.25) is 0 Å². The standard InChI is InChI=1S/C12H19NOS/c1-8(2)6-7-11-13-9-4-3-5-10(14)12(9)15-11/h8,10,14H,3-7H2,1-2H3. The molecule has 1 atom stereocenters. The predicted molar refractivity (Wildman–Crippen MR) is 63.2 cm³/mol. The SMILES string of the molecule is CC(C)CCc1nc2c(s1)C(O)CCC2. The second kappa shape index (κ2) is 4.62. The van der Waals surface area contributed by atoms with Crippen LogP contribution in [0.2, 0.25) is 0 Å². The number of fused-ring (bicyclic) bond motifs is 1. The number of aliphatic hydroxyl groups excluding tert-OH is 1. The third kappa shape index (κ3) is 2.58. The van der Waals surface area contributed by atoms with Gasteiger partial charge >= 0.3 is 0 Å². The van der Waals surface area contributed by atoms with E-state index in [2.05, 4.69) is 18.8 Å². The summed E-state index contributed by atoms with van der Waals surface area (Å²) in [6, 6.07) is 0. The molecule has 1 aromatic rings. The molecule has 84 valence electrons. The van der Waals surface area contributed by atoms with Crippen LogP contribution in [-0.4, -0.2) is 10.1 Å². The van der Waals surface area contributed by atoms with Crippen molar-refractivity contribution in [1.82, 2.24) is 4.98 Å². The summed E-state index contributed by atoms with van der Waals surface area (Å²) in [4.78, 5) is 5.77. The van der Waals surface area contributed by atoms with Gasteiger partial charge in [0.25, 0.3) is 0 Å². The summed E-state index contributed by atoms with van der Waals surface area (Å²) < 4.78 is 0. The molecule has 1 unspecified atom stereocenters. The van der Waals surface area contributed by atoms with E-state index in [1.54, 1.807) is 11.3 Å². The molecule has 1 aliphatic rings. The third-order valence-electron chi connectivity index (χ3n) is 2.90. The van der Waals surface area contributed by atoms with Crippen molar-refractivity contribution in [2.75, 3.05) is 0 Å². The van der Waals surface area contributed by atoms with Crippen molar-refractivity contribution in [3.63, 3.8) is 0 Å². The van der Waals surface area contributed by atoms with Gasteiger partial charge in [0.05, 0.1) is 21.7 Å². The van der Waals surface area contributed by atoms with Crippen molar-refractivity contribution >= 4 is 11.3 Å². The van der Waals surface area contributed by atoms with Gasteiger partial charge in [-0.2, -0.15) is 0 Å². The van der Waals surface area contributed by atoms with Gasteiger partial charge in [-0.1, -0.05) is 13.8 Å². The Hall–Kier alpha value is -0.410. The normalized spacial score (nSPS) is 20.7. The lowest BCUT2D eigenvalue weighted by molar-refractivity contribution is 0.160. The second-order valence-electron chi connectivity index (χ2n) is 4.76. The van der Waals surface area contributed by atoms with Crippen LogP contribution < -0.4 is 0 Å². The zero-order chi connectivity index (χ0) is 10.8. The molecule has 2 nitrogen and oxygen atoms in total. The molecule has 0 spiro atoms. The highest BCUT2D eigenvalue weighted by Crippen LogP contribution is 2.34. The molecule has 0 aliphatic heterocycles. The second-order valence-corrected chi connectivity index (χ2v) is 5.87. The van der Waals surface area contributed by atoms with Crippen LogP contribution in [0, 0.1) is 5.92 Å². The van der Waals surface area contributed by atoms with Crippen molar-refractivity contribution in [3.05, 3.63) is 15.6 Å². The fourth-order valence-corrected chi connectivity index (χ4v) is 3.12. The summed E-state index contributed by atoms with van der Waals surface area (Å²) >= 11 is 1.72. The number of thiazole rings is 1. The molecule has 3 heteroatoms. The van der Waals surface area contributed by atoms with E-state index in [4.69, 9.17) is 0 Å². The molecular weight excluding hydrogens is 206 g/mol. The molecule has 0 radical (unpaired) electrons. The Morgan fingerprint density at radius 1 is 1.53 bits per heavy atom. The first-order valence-corrected chi connectivity index (χ1v) is 6.65. The molecule has 0 saturated carbocycles. The Morgan fingerprint density at radius 3 is 3.00 bits per heavy atom. The molecule has 0 aromatic carbocycles. The first-order chi connectivity index (χ1) is 7.16. The summed E-state index contributed by atoms with van der Waals surface area (Å²) in [6.07, 6.45) is 5.09. The first-order valence-electron chi connectivity index (χ1n) is 5.83. The Balaban J connectivity index is 2.08. The summed E-state index contributed by atoms with van der Waals surface area (Å²) in [5.74, 6) is 0.732. The van der Waals surface area contributed by atoms with Gasteiger partial charge in [0, 0.05) is 0 Å². The Bertz CT molecular complexity index is 332. The van der Waals surface area contributed by atoms with E-state index < -0.39 is 0 Å². The van der Waals surface area contributed by atoms with Crippen molar-refractivity contribution in [2.45, 2.75) is 52.1 Å². The predicted octanol–water partition coefficient (Wildman–Crippen LogP) is 3.10. The number of hydrogen-bond acceptors (Lipinski definition) is 3. The minimum Gasteiger partial charge on any atom is -0.388 e. The maximum Gasteiger partial charge on any atom is 0.0932 e. The highest BCUT2D eigenvalue weighted by Gasteiger charge is 2.22. The average Bonchev–Trinajstić information content (AvgIpc) is 2.59. The van der Waals surface area contributed by atoms with Gasteiger partial charge in [0.1, 0.15) is 0 Å². The van der Waals surface area contributed by atoms with E-state index in [0.717, 1.165) is 42.2 Å². The molecule has 0 amide bonds. The van der Waals surface area contributed by atoms with Crippen LogP contribution in [0.15, 0.2) is 0 Å². The van der Waals surface area contributed by atoms with Crippen LogP contribution >= 0.6 is 11.3 Å². The number of aromatic nitrogens is 1. The highest BCUT2D eigenvalue weighted by atomic mass is 32.1. The lowest BCUT2D eigenvalue weighted by atomic mass is 10.0. The maximum atomic E-state index is 9.82. The lowest BCUT2D eigenvalue weighted by Crippen LogP contribution is -2.06. The molecule has 15 heavy (non-hydrogen) atoms. The Morgan fingerprint density at radius 2 is 2.33 bits per heavy atom. The van der Waals surface area contributed by atoms with Gasteiger partial charge in [-0.25, -0.2) is 4.98 Å². The van der Waals surface area contributed by atoms with Crippen LogP contribution in [0.1, 0.15) is 54.8 Å². The number of aryl methyl sites for hydroxylation is 2. The van der Waals surface area contributed by atoms with Gasteiger partial charge in [-0.15, -0.1) is 11.3 Å². The minimum atomic E-state index is -0.237. The smallest absolute Gasteiger partial charge is 0.0932 e. The Labute approximate surface area is 95.4 Å². The fraction of sp³-hybridized carbons (Fsp3) is 0.750. The molecule has 2 rings (SSSR count). The lowest BCUT2D eigenvalue weighted by Gasteiger charge is -2.14. The van der Waals surface area contributed by atoms with Crippen LogP contribution in [0.3, 0.4) is 0 Å². The first kappa shape index (κ1) is 11.1. The zero-order valence-electron chi connectivity index (χ0n) is 9.49. The van der Waals surface area contributed by atoms with Crippen LogP contribution in [-0.2, 0) is 12.8 Å². The van der Waals surface area contributed by atoms with Gasteiger partial charge in [-0.05, 0) is 38.0 Å². The summed E-state index contributed by atoms with van der Waals surface area (Å²) in [5, 5.41) is 11.0. The van der Waals surface area contributed by atoms with Crippen molar-refractivity contribution in [1.29, 1.82) is 0 Å². The quantitative estimate of drug-likeness (QED) is 0.857. The molecule has 1 aliphatic carbocycles. The van der Waals surface area contributed by atoms with E-state index in [9.17, 15) is 5.11 Å². The molecule has 0 fully saturated rings. The molecule has 1 aromatic heterocycles. The van der Waals surface area contributed by atoms with E-state index in [0.29, 0.717) is 0 Å². The summed E-state index contributed by atoms with van der Waals surface area (Å²) in [5.41, 5.74) is 1.16. The van der Waals surface area contributed by atoms with Crippen LogP contribution in [0.25, 0.3) is 0 Å². The highest BCUT2D eigenvalue weighted by molar-refractivity contribution is 7.11. The van der Waals surface area contributed by atoms with Crippen LogP contribution in [0.4, 0.5) is 0 Å². The molecule has 1 heterocycles. The van der Waals surface area contributed by atoms with E-state index in [1.165, 1.54) is 11.4 Å². The summed E-state index contributed by atoms with van der Waals surface area (Å²) in [7, 11) is 0. The van der Waals surface area contributed by atoms with Gasteiger partial charge < -0.3 is 5.11 Å². The molecule has 0 bridgehead atoms. The van der Waals surface area contributed by atoms with Crippen LogP contribution in [0.5, 0.6) is 0 Å². The Kier molecular flexibility index (Phi) is 3.42. The number of rotatable bonds is 3. The number of nitrogens with zero attached hydrogens (tertiary/aromatic N) is 1. The molecule has 0 saturated heterocycles. The summed E-state index contributed by atoms with van der Waals surface area (Å²) in [6.45, 7) is 4.48. The van der Waals surface area contributed by atoms with Crippen molar-refractivity contribution in [3.8, 4) is 0 Å². The third-order valence-corrected chi connectivity index (χ3v) is 4.16. The molecule has 1 N–H and O–H groups in total. The van der Waals surface area contributed by atoms with Gasteiger partial charge in [-0.3, -0.25) is 0 Å². The largest absolute Gasteiger partial charge is 0.388 e. The number of aliphatic hydroxyl groups is 1. The minimum absolute atomic E-state index is 0.237. The monoisotopic (exact) mass is 225 g/mol. The average molecular weight is 225 g/mol. The van der Waals surface area contributed by atoms with E-state index >= 15 is 0 Å².